The number of aromatic nitrogens is 1. The van der Waals surface area contributed by atoms with Crippen LogP contribution in [-0.4, -0.2) is 23.5 Å². The van der Waals surface area contributed by atoms with Gasteiger partial charge in [-0.1, -0.05) is 11.6 Å². The SMILES string of the molecule is CN1Cc2c([nH]c3ccc(Cl)cc23)C(F)C1. The van der Waals surface area contributed by atoms with Gasteiger partial charge in [0, 0.05) is 29.0 Å². The van der Waals surface area contributed by atoms with Crippen LogP contribution in [0.4, 0.5) is 4.39 Å². The average Bonchev–Trinajstić information content (AvgIpc) is 2.57. The van der Waals surface area contributed by atoms with Crippen molar-refractivity contribution in [3.8, 4) is 0 Å². The average molecular weight is 239 g/mol. The molecule has 3 rings (SSSR count). The number of rotatable bonds is 0. The highest BCUT2D eigenvalue weighted by atomic mass is 35.5. The molecule has 1 atom stereocenters. The fraction of sp³-hybridized carbons (Fsp3) is 0.333. The Hall–Kier alpha value is -1.06. The number of likely N-dealkylation sites (N-methyl/N-ethyl adjacent to an activating group) is 1. The molecule has 0 saturated heterocycles. The Morgan fingerprint density at radius 2 is 2.31 bits per heavy atom. The van der Waals surface area contributed by atoms with E-state index in [1.165, 1.54) is 0 Å². The van der Waals surface area contributed by atoms with Gasteiger partial charge in [0.05, 0.1) is 5.69 Å². The number of hydrogen-bond donors (Lipinski definition) is 1. The minimum Gasteiger partial charge on any atom is -0.356 e. The summed E-state index contributed by atoms with van der Waals surface area (Å²) in [5.74, 6) is 0. The van der Waals surface area contributed by atoms with Gasteiger partial charge in [0.25, 0.3) is 0 Å². The lowest BCUT2D eigenvalue weighted by Crippen LogP contribution is -2.28. The van der Waals surface area contributed by atoms with Crippen molar-refractivity contribution in [2.75, 3.05) is 13.6 Å². The summed E-state index contributed by atoms with van der Waals surface area (Å²) in [7, 11) is 1.93. The zero-order chi connectivity index (χ0) is 11.3. The Bertz CT molecular complexity index is 549. The summed E-state index contributed by atoms with van der Waals surface area (Å²) in [5, 5.41) is 1.73. The molecule has 0 radical (unpaired) electrons. The highest BCUT2D eigenvalue weighted by molar-refractivity contribution is 6.31. The van der Waals surface area contributed by atoms with Gasteiger partial charge >= 0.3 is 0 Å². The van der Waals surface area contributed by atoms with Gasteiger partial charge in [-0.25, -0.2) is 4.39 Å². The zero-order valence-corrected chi connectivity index (χ0v) is 9.68. The van der Waals surface area contributed by atoms with Gasteiger partial charge in [-0.05, 0) is 30.8 Å². The van der Waals surface area contributed by atoms with Gasteiger partial charge in [0.1, 0.15) is 0 Å². The smallest absolute Gasteiger partial charge is 0.153 e. The Balaban J connectivity index is 2.27. The van der Waals surface area contributed by atoms with E-state index in [2.05, 4.69) is 4.98 Å². The van der Waals surface area contributed by atoms with E-state index in [-0.39, 0.29) is 0 Å². The molecule has 1 aliphatic heterocycles. The fourth-order valence-corrected chi connectivity index (χ4v) is 2.55. The van der Waals surface area contributed by atoms with Crippen LogP contribution in [0.15, 0.2) is 18.2 Å². The van der Waals surface area contributed by atoms with Gasteiger partial charge < -0.3 is 4.98 Å². The van der Waals surface area contributed by atoms with Crippen molar-refractivity contribution in [3.05, 3.63) is 34.5 Å². The summed E-state index contributed by atoms with van der Waals surface area (Å²) in [6.45, 7) is 1.23. The molecular weight excluding hydrogens is 227 g/mol. The Morgan fingerprint density at radius 1 is 1.50 bits per heavy atom. The van der Waals surface area contributed by atoms with Crippen LogP contribution < -0.4 is 0 Å². The van der Waals surface area contributed by atoms with E-state index in [0.29, 0.717) is 11.6 Å². The molecule has 0 saturated carbocycles. The monoisotopic (exact) mass is 238 g/mol. The highest BCUT2D eigenvalue weighted by Gasteiger charge is 2.26. The number of nitrogens with one attached hydrogen (secondary N) is 1. The third-order valence-electron chi connectivity index (χ3n) is 3.11. The van der Waals surface area contributed by atoms with Crippen LogP contribution in [0.2, 0.25) is 5.02 Å². The number of benzene rings is 1. The molecule has 1 aliphatic rings. The highest BCUT2D eigenvalue weighted by Crippen LogP contribution is 2.34. The molecule has 1 N–H and O–H groups in total. The van der Waals surface area contributed by atoms with Crippen LogP contribution in [0, 0.1) is 0 Å². The lowest BCUT2D eigenvalue weighted by molar-refractivity contribution is 0.193. The second-order valence-corrected chi connectivity index (χ2v) is 4.81. The first-order chi connectivity index (χ1) is 7.65. The number of fused-ring (bicyclic) bond motifs is 3. The molecule has 0 spiro atoms. The molecular formula is C12H12ClFN2. The lowest BCUT2D eigenvalue weighted by atomic mass is 10.0. The number of aromatic amines is 1. The third kappa shape index (κ3) is 1.43. The predicted octanol–water partition coefficient (Wildman–Crippen LogP) is 3.28. The second-order valence-electron chi connectivity index (χ2n) is 4.37. The van der Waals surface area contributed by atoms with Crippen LogP contribution in [0.1, 0.15) is 17.4 Å². The number of H-pyrrole nitrogens is 1. The van der Waals surface area contributed by atoms with Crippen LogP contribution in [-0.2, 0) is 6.54 Å². The van der Waals surface area contributed by atoms with E-state index >= 15 is 0 Å². The van der Waals surface area contributed by atoms with Crippen LogP contribution >= 0.6 is 11.6 Å². The summed E-state index contributed by atoms with van der Waals surface area (Å²) >= 11 is 5.97. The normalized spacial score (nSPS) is 21.3. The Morgan fingerprint density at radius 3 is 3.12 bits per heavy atom. The standard InChI is InChI=1S/C12H12ClFN2/c1-16-5-9-8-4-7(13)2-3-11(8)15-12(9)10(14)6-16/h2-4,10,15H,5-6H2,1H3. The number of hydrogen-bond acceptors (Lipinski definition) is 1. The molecule has 1 aromatic heterocycles. The fourth-order valence-electron chi connectivity index (χ4n) is 2.38. The van der Waals surface area contributed by atoms with Crippen molar-refractivity contribution >= 4 is 22.5 Å². The van der Waals surface area contributed by atoms with Gasteiger partial charge in [-0.15, -0.1) is 0 Å². The molecule has 1 unspecified atom stereocenters. The van der Waals surface area contributed by atoms with Gasteiger partial charge in [-0.3, -0.25) is 4.90 Å². The summed E-state index contributed by atoms with van der Waals surface area (Å²) < 4.78 is 13.9. The van der Waals surface area contributed by atoms with Crippen LogP contribution in [0.5, 0.6) is 0 Å². The van der Waals surface area contributed by atoms with E-state index < -0.39 is 6.17 Å². The first-order valence-corrected chi connectivity index (χ1v) is 5.65. The van der Waals surface area contributed by atoms with E-state index in [4.69, 9.17) is 11.6 Å². The Kier molecular flexibility index (Phi) is 2.19. The minimum absolute atomic E-state index is 0.452. The summed E-state index contributed by atoms with van der Waals surface area (Å²) in [5.41, 5.74) is 2.72. The lowest BCUT2D eigenvalue weighted by Gasteiger charge is -2.25. The van der Waals surface area contributed by atoms with Crippen LogP contribution in [0.3, 0.4) is 0 Å². The maximum absolute atomic E-state index is 13.9. The molecule has 0 bridgehead atoms. The predicted molar refractivity (Wildman–Crippen MR) is 63.5 cm³/mol. The maximum atomic E-state index is 13.9. The first kappa shape index (κ1) is 10.1. The number of nitrogens with zero attached hydrogens (tertiary/aromatic N) is 1. The Labute approximate surface area is 98.0 Å². The third-order valence-corrected chi connectivity index (χ3v) is 3.35. The maximum Gasteiger partial charge on any atom is 0.153 e. The van der Waals surface area contributed by atoms with Gasteiger partial charge in [0.2, 0.25) is 0 Å². The molecule has 0 amide bonds. The van der Waals surface area contributed by atoms with Crippen LogP contribution in [0.25, 0.3) is 10.9 Å². The largest absolute Gasteiger partial charge is 0.356 e. The second kappa shape index (κ2) is 3.47. The van der Waals surface area contributed by atoms with Crippen molar-refractivity contribution in [3.63, 3.8) is 0 Å². The van der Waals surface area contributed by atoms with Crippen molar-refractivity contribution < 1.29 is 4.39 Å². The summed E-state index contributed by atoms with van der Waals surface area (Å²) in [6, 6.07) is 5.63. The quantitative estimate of drug-likeness (QED) is 0.746. The molecule has 84 valence electrons. The van der Waals surface area contributed by atoms with Crippen molar-refractivity contribution in [1.29, 1.82) is 0 Å². The topological polar surface area (TPSA) is 19.0 Å². The number of halogens is 2. The van der Waals surface area contributed by atoms with Gasteiger partial charge in [-0.2, -0.15) is 0 Å². The molecule has 2 heterocycles. The summed E-state index contributed by atoms with van der Waals surface area (Å²) in [6.07, 6.45) is -0.931. The molecule has 2 aromatic rings. The molecule has 16 heavy (non-hydrogen) atoms. The molecule has 2 nitrogen and oxygen atoms in total. The molecule has 0 fully saturated rings. The zero-order valence-electron chi connectivity index (χ0n) is 8.93. The number of alkyl halides is 1. The molecule has 1 aromatic carbocycles. The molecule has 4 heteroatoms. The van der Waals surface area contributed by atoms with E-state index in [1.807, 2.05) is 30.1 Å². The molecule has 0 aliphatic carbocycles. The van der Waals surface area contributed by atoms with Crippen molar-refractivity contribution in [2.24, 2.45) is 0 Å². The van der Waals surface area contributed by atoms with E-state index in [9.17, 15) is 4.39 Å². The minimum atomic E-state index is -0.931. The van der Waals surface area contributed by atoms with E-state index in [1.54, 1.807) is 0 Å². The first-order valence-electron chi connectivity index (χ1n) is 5.28. The van der Waals surface area contributed by atoms with E-state index in [0.717, 1.165) is 28.7 Å². The van der Waals surface area contributed by atoms with Crippen molar-refractivity contribution in [2.45, 2.75) is 12.7 Å². The van der Waals surface area contributed by atoms with Crippen molar-refractivity contribution in [1.82, 2.24) is 9.88 Å². The summed E-state index contributed by atoms with van der Waals surface area (Å²) in [4.78, 5) is 5.14. The van der Waals surface area contributed by atoms with Gasteiger partial charge in [0.15, 0.2) is 6.17 Å².